The summed E-state index contributed by atoms with van der Waals surface area (Å²) < 4.78 is 51.2. The molecule has 0 saturated heterocycles. The number of aliphatic hydroxyl groups is 1. The highest BCUT2D eigenvalue weighted by molar-refractivity contribution is 7.89. The Morgan fingerprint density at radius 1 is 1.35 bits per heavy atom. The molecule has 1 aromatic rings. The molecule has 1 aromatic carbocycles. The van der Waals surface area contributed by atoms with Gasteiger partial charge in [-0.2, -0.15) is 0 Å². The predicted octanol–water partition coefficient (Wildman–Crippen LogP) is 1.10. The number of aliphatic hydroxyl groups excluding tert-OH is 1. The van der Waals surface area contributed by atoms with Gasteiger partial charge in [0.2, 0.25) is 10.0 Å². The van der Waals surface area contributed by atoms with Crippen LogP contribution in [0.4, 0.5) is 8.78 Å². The summed E-state index contributed by atoms with van der Waals surface area (Å²) in [5.41, 5.74) is 0.00646. The topological polar surface area (TPSA) is 57.6 Å². The molecule has 0 fully saturated rings. The van der Waals surface area contributed by atoms with Gasteiger partial charge in [0.25, 0.3) is 0 Å². The van der Waals surface area contributed by atoms with Crippen LogP contribution in [0.2, 0.25) is 0 Å². The van der Waals surface area contributed by atoms with Crippen LogP contribution in [0.1, 0.15) is 12.5 Å². The molecule has 1 rings (SSSR count). The lowest BCUT2D eigenvalue weighted by Crippen LogP contribution is -2.27. The average molecular weight is 265 g/mol. The van der Waals surface area contributed by atoms with E-state index >= 15 is 0 Å². The number of hydrogen-bond donors (Lipinski definition) is 1. The zero-order valence-electron chi connectivity index (χ0n) is 9.44. The molecule has 0 heterocycles. The molecular weight excluding hydrogens is 252 g/mol. The number of hydrogen-bond acceptors (Lipinski definition) is 3. The van der Waals surface area contributed by atoms with Crippen molar-refractivity contribution in [1.82, 2.24) is 4.31 Å². The molecular formula is C10H13F2NO3S. The maximum atomic E-state index is 13.4. The summed E-state index contributed by atoms with van der Waals surface area (Å²) >= 11 is 0. The highest BCUT2D eigenvalue weighted by atomic mass is 32.2. The molecule has 0 spiro atoms. The van der Waals surface area contributed by atoms with Crippen molar-refractivity contribution in [3.8, 4) is 0 Å². The Bertz CT molecular complexity index is 517. The van der Waals surface area contributed by atoms with E-state index in [1.165, 1.54) is 7.05 Å². The molecule has 0 saturated carbocycles. The molecule has 0 aliphatic rings. The fraction of sp³-hybridized carbons (Fsp3) is 0.400. The van der Waals surface area contributed by atoms with Crippen LogP contribution in [0.15, 0.2) is 17.0 Å². The fourth-order valence-electron chi connectivity index (χ4n) is 1.23. The summed E-state index contributed by atoms with van der Waals surface area (Å²) in [5.74, 6) is -2.72. The fourth-order valence-corrected chi connectivity index (χ4v) is 2.53. The average Bonchev–Trinajstić information content (AvgIpc) is 2.30. The number of nitrogens with zero attached hydrogens (tertiary/aromatic N) is 1. The van der Waals surface area contributed by atoms with Crippen molar-refractivity contribution in [3.05, 3.63) is 29.3 Å². The van der Waals surface area contributed by atoms with Gasteiger partial charge in [-0.3, -0.25) is 0 Å². The maximum Gasteiger partial charge on any atom is 0.245 e. The number of rotatable bonds is 4. The predicted molar refractivity (Wildman–Crippen MR) is 57.8 cm³/mol. The zero-order valence-corrected chi connectivity index (χ0v) is 10.3. The van der Waals surface area contributed by atoms with E-state index in [4.69, 9.17) is 5.11 Å². The van der Waals surface area contributed by atoms with Crippen LogP contribution in [0.5, 0.6) is 0 Å². The van der Waals surface area contributed by atoms with E-state index in [0.717, 1.165) is 16.4 Å². The summed E-state index contributed by atoms with van der Waals surface area (Å²) in [5, 5.41) is 8.84. The van der Waals surface area contributed by atoms with E-state index in [2.05, 4.69) is 0 Å². The minimum absolute atomic E-state index is 0.00646. The van der Waals surface area contributed by atoms with Gasteiger partial charge in [0.15, 0.2) is 11.6 Å². The highest BCUT2D eigenvalue weighted by Gasteiger charge is 2.26. The van der Waals surface area contributed by atoms with Crippen LogP contribution in [-0.2, 0) is 16.6 Å². The van der Waals surface area contributed by atoms with Crippen LogP contribution in [-0.4, -0.2) is 31.4 Å². The Hall–Kier alpha value is -1.05. The standard InChI is InChI=1S/C10H13F2NO3S/c1-3-13(2)17(15,16)9-5-7(6-14)4-8(11)10(9)12/h4-5,14H,3,6H2,1-2H3. The smallest absolute Gasteiger partial charge is 0.245 e. The SMILES string of the molecule is CCN(C)S(=O)(=O)c1cc(CO)cc(F)c1F. The first kappa shape index (κ1) is 14.0. The first-order chi connectivity index (χ1) is 7.84. The van der Waals surface area contributed by atoms with Gasteiger partial charge in [-0.1, -0.05) is 6.92 Å². The first-order valence-corrected chi connectivity index (χ1v) is 6.33. The van der Waals surface area contributed by atoms with Gasteiger partial charge in [0.1, 0.15) is 4.90 Å². The second kappa shape index (κ2) is 5.07. The Labute approximate surface area is 98.5 Å². The van der Waals surface area contributed by atoms with Gasteiger partial charge in [-0.25, -0.2) is 21.5 Å². The molecule has 7 heteroatoms. The summed E-state index contributed by atoms with van der Waals surface area (Å²) in [6, 6.07) is 1.69. The molecule has 0 aromatic heterocycles. The molecule has 0 unspecified atom stereocenters. The molecule has 0 amide bonds. The third-order valence-corrected chi connectivity index (χ3v) is 4.30. The summed E-state index contributed by atoms with van der Waals surface area (Å²) in [7, 11) is -2.81. The molecule has 0 aliphatic carbocycles. The molecule has 1 N–H and O–H groups in total. The monoisotopic (exact) mass is 265 g/mol. The van der Waals surface area contributed by atoms with Crippen LogP contribution in [0.25, 0.3) is 0 Å². The second-order valence-electron chi connectivity index (χ2n) is 3.47. The minimum atomic E-state index is -4.07. The Morgan fingerprint density at radius 3 is 2.41 bits per heavy atom. The van der Waals surface area contributed by atoms with E-state index in [1.54, 1.807) is 6.92 Å². The Kier molecular flexibility index (Phi) is 4.18. The lowest BCUT2D eigenvalue weighted by molar-refractivity contribution is 0.280. The molecule has 96 valence electrons. The summed E-state index contributed by atoms with van der Waals surface area (Å²) in [6.45, 7) is 1.14. The Balaban J connectivity index is 3.45. The van der Waals surface area contributed by atoms with E-state index < -0.39 is 33.2 Å². The van der Waals surface area contributed by atoms with Gasteiger partial charge in [0, 0.05) is 13.6 Å². The van der Waals surface area contributed by atoms with Crippen molar-refractivity contribution >= 4 is 10.0 Å². The van der Waals surface area contributed by atoms with E-state index in [0.29, 0.717) is 0 Å². The van der Waals surface area contributed by atoms with E-state index in [9.17, 15) is 17.2 Å². The lowest BCUT2D eigenvalue weighted by atomic mass is 10.2. The van der Waals surface area contributed by atoms with Crippen molar-refractivity contribution in [2.75, 3.05) is 13.6 Å². The molecule has 4 nitrogen and oxygen atoms in total. The largest absolute Gasteiger partial charge is 0.392 e. The molecule has 0 bridgehead atoms. The maximum absolute atomic E-state index is 13.4. The summed E-state index contributed by atoms with van der Waals surface area (Å²) in [6.07, 6.45) is 0. The van der Waals surface area contributed by atoms with Gasteiger partial charge in [0.05, 0.1) is 6.61 Å². The van der Waals surface area contributed by atoms with Gasteiger partial charge < -0.3 is 5.11 Å². The molecule has 17 heavy (non-hydrogen) atoms. The molecule has 0 radical (unpaired) electrons. The Morgan fingerprint density at radius 2 is 1.94 bits per heavy atom. The highest BCUT2D eigenvalue weighted by Crippen LogP contribution is 2.22. The van der Waals surface area contributed by atoms with E-state index in [1.807, 2.05) is 0 Å². The second-order valence-corrected chi connectivity index (χ2v) is 5.48. The number of benzene rings is 1. The van der Waals surface area contributed by atoms with Crippen LogP contribution in [0.3, 0.4) is 0 Å². The van der Waals surface area contributed by atoms with Gasteiger partial charge in [-0.05, 0) is 17.7 Å². The van der Waals surface area contributed by atoms with Crippen molar-refractivity contribution in [1.29, 1.82) is 0 Å². The van der Waals surface area contributed by atoms with Crippen molar-refractivity contribution < 1.29 is 22.3 Å². The third kappa shape index (κ3) is 2.62. The van der Waals surface area contributed by atoms with Gasteiger partial charge >= 0.3 is 0 Å². The van der Waals surface area contributed by atoms with Crippen molar-refractivity contribution in [2.24, 2.45) is 0 Å². The quantitative estimate of drug-likeness (QED) is 0.886. The normalized spacial score (nSPS) is 12.1. The van der Waals surface area contributed by atoms with Crippen molar-refractivity contribution in [3.63, 3.8) is 0 Å². The third-order valence-electron chi connectivity index (χ3n) is 2.37. The molecule has 0 atom stereocenters. The number of halogens is 2. The van der Waals surface area contributed by atoms with Gasteiger partial charge in [-0.15, -0.1) is 0 Å². The van der Waals surface area contributed by atoms with Crippen molar-refractivity contribution in [2.45, 2.75) is 18.4 Å². The molecule has 0 aliphatic heterocycles. The van der Waals surface area contributed by atoms with E-state index in [-0.39, 0.29) is 12.1 Å². The van der Waals surface area contributed by atoms with Crippen LogP contribution >= 0.6 is 0 Å². The minimum Gasteiger partial charge on any atom is -0.392 e. The number of sulfonamides is 1. The lowest BCUT2D eigenvalue weighted by Gasteiger charge is -2.16. The van der Waals surface area contributed by atoms with Crippen LogP contribution in [0, 0.1) is 11.6 Å². The first-order valence-electron chi connectivity index (χ1n) is 4.89. The van der Waals surface area contributed by atoms with Crippen LogP contribution < -0.4 is 0 Å². The zero-order chi connectivity index (χ0) is 13.2. The summed E-state index contributed by atoms with van der Waals surface area (Å²) in [4.78, 5) is -0.758.